The van der Waals surface area contributed by atoms with Crippen molar-refractivity contribution in [2.45, 2.75) is 65.2 Å². The molecule has 6 aromatic rings. The number of anilines is 1. The van der Waals surface area contributed by atoms with E-state index in [-0.39, 0.29) is 45.7 Å². The van der Waals surface area contributed by atoms with Gasteiger partial charge in [-0.25, -0.2) is 4.98 Å². The number of carboxylic acids is 2. The first kappa shape index (κ1) is 43.5. The molecule has 0 fully saturated rings. The van der Waals surface area contributed by atoms with Crippen LogP contribution < -0.4 is 25.4 Å². The molecule has 0 aliphatic carbocycles. The minimum Gasteiger partial charge on any atom is -0.488 e. The molecule has 0 aliphatic rings. The zero-order valence-corrected chi connectivity index (χ0v) is 34.3. The highest BCUT2D eigenvalue weighted by atomic mass is 35.5. The first-order valence-electron chi connectivity index (χ1n) is 19.4. The molecule has 314 valence electrons. The number of carbonyl (C=O) groups is 2. The van der Waals surface area contributed by atoms with Crippen molar-refractivity contribution in [3.8, 4) is 34.1 Å². The van der Waals surface area contributed by atoms with Crippen molar-refractivity contribution in [2.75, 3.05) is 25.5 Å². The Morgan fingerprint density at radius 2 is 1.42 bits per heavy atom. The summed E-state index contributed by atoms with van der Waals surface area (Å²) in [5.41, 5.74) is 10.4. The normalized spacial score (nSPS) is 12.3. The zero-order chi connectivity index (χ0) is 42.8. The number of nitrogens with zero attached hydrogens (tertiary/aromatic N) is 2. The number of rotatable bonds is 21. The van der Waals surface area contributed by atoms with Gasteiger partial charge in [-0.1, -0.05) is 48.0 Å². The van der Waals surface area contributed by atoms with Crippen molar-refractivity contribution in [1.82, 2.24) is 20.6 Å². The molecule has 0 unspecified atom stereocenters. The number of benzene rings is 4. The fourth-order valence-electron chi connectivity index (χ4n) is 6.77. The molecule has 0 bridgehead atoms. The predicted octanol–water partition coefficient (Wildman–Crippen LogP) is 6.88. The maximum atomic E-state index is 11.0. The van der Waals surface area contributed by atoms with Crippen LogP contribution in [0.1, 0.15) is 46.2 Å². The van der Waals surface area contributed by atoms with Gasteiger partial charge >= 0.3 is 11.9 Å². The molecular formula is C45H48ClN5O9. The highest BCUT2D eigenvalue weighted by Gasteiger charge is 2.18. The molecule has 2 aromatic heterocycles. The van der Waals surface area contributed by atoms with Gasteiger partial charge < -0.3 is 50.3 Å². The molecule has 60 heavy (non-hydrogen) atoms. The molecule has 0 saturated heterocycles. The molecule has 15 heteroatoms. The number of oxazole rings is 1. The number of fused-ring (bicyclic) bond motifs is 1. The maximum Gasteiger partial charge on any atom is 0.306 e. The van der Waals surface area contributed by atoms with Crippen molar-refractivity contribution >= 4 is 40.3 Å². The van der Waals surface area contributed by atoms with E-state index in [4.69, 9.17) is 40.7 Å². The van der Waals surface area contributed by atoms with Gasteiger partial charge in [-0.3, -0.25) is 14.6 Å². The molecule has 14 nitrogen and oxygen atoms in total. The van der Waals surface area contributed by atoms with Crippen LogP contribution in [-0.4, -0.2) is 74.7 Å². The Kier molecular flexibility index (Phi) is 14.7. The van der Waals surface area contributed by atoms with Gasteiger partial charge in [0.05, 0.1) is 35.8 Å². The van der Waals surface area contributed by atoms with Crippen molar-refractivity contribution in [3.05, 3.63) is 124 Å². The predicted molar refractivity (Wildman–Crippen MR) is 228 cm³/mol. The van der Waals surface area contributed by atoms with Gasteiger partial charge in [-0.15, -0.1) is 0 Å². The van der Waals surface area contributed by atoms with Crippen molar-refractivity contribution in [2.24, 2.45) is 0 Å². The molecule has 0 radical (unpaired) electrons. The van der Waals surface area contributed by atoms with E-state index in [1.165, 1.54) is 0 Å². The first-order valence-corrected chi connectivity index (χ1v) is 19.8. The van der Waals surface area contributed by atoms with Crippen LogP contribution >= 0.6 is 11.6 Å². The second-order valence-electron chi connectivity index (χ2n) is 14.5. The number of aliphatic carboxylic acids is 2. The topological polar surface area (TPSA) is 209 Å². The third-order valence-corrected chi connectivity index (χ3v) is 10.2. The maximum absolute atomic E-state index is 11.0. The average molecular weight is 838 g/mol. The van der Waals surface area contributed by atoms with Crippen LogP contribution in [0.3, 0.4) is 0 Å². The van der Waals surface area contributed by atoms with Crippen LogP contribution in [0.15, 0.2) is 89.6 Å². The highest BCUT2D eigenvalue weighted by Crippen LogP contribution is 2.37. The Bertz CT molecular complexity index is 2460. The number of halogens is 1. The number of hydrogen-bond donors (Lipinski definition) is 7. The van der Waals surface area contributed by atoms with Gasteiger partial charge in [0.15, 0.2) is 5.58 Å². The Morgan fingerprint density at radius 1 is 0.750 bits per heavy atom. The van der Waals surface area contributed by atoms with Gasteiger partial charge in [0.1, 0.15) is 30.2 Å². The lowest BCUT2D eigenvalue weighted by Gasteiger charge is -2.18. The van der Waals surface area contributed by atoms with Gasteiger partial charge in [-0.05, 0) is 77.6 Å². The van der Waals surface area contributed by atoms with Gasteiger partial charge in [-0.2, -0.15) is 0 Å². The minimum absolute atomic E-state index is 0.0637. The van der Waals surface area contributed by atoms with E-state index in [0.717, 1.165) is 50.2 Å². The summed E-state index contributed by atoms with van der Waals surface area (Å²) in [6, 6.07) is 23.1. The van der Waals surface area contributed by atoms with E-state index in [0.29, 0.717) is 45.6 Å². The Morgan fingerprint density at radius 3 is 2.13 bits per heavy atom. The molecule has 0 aliphatic heterocycles. The third kappa shape index (κ3) is 11.4. The number of aromatic nitrogens is 2. The molecule has 6 rings (SSSR count). The smallest absolute Gasteiger partial charge is 0.306 e. The standard InChI is InChI=1S/C45H48ClN5O9/c1-26-30(25-59-42-17-41(58-24-29-12-32(47-3)21-48-19-29)31(14-38(42)46)20-50-23-34(53)16-44(56)57)6-4-7-35(26)36-8-5-9-37(27(36)2)45-51-39-13-28(10-11-40(39)60-45)18-49-22-33(52)15-43(54)55/h4-14,17,19,21,33-34,47,49-50,52-53H,15-16,18,20,22-25H2,1-3H3,(H,54,55)(H,56,57)/t33-,34-/m0/s1. The van der Waals surface area contributed by atoms with Crippen LogP contribution in [0, 0.1) is 13.8 Å². The average Bonchev–Trinajstić information content (AvgIpc) is 3.63. The summed E-state index contributed by atoms with van der Waals surface area (Å²) in [4.78, 5) is 30.9. The molecular weight excluding hydrogens is 790 g/mol. The van der Waals surface area contributed by atoms with E-state index in [1.54, 1.807) is 24.5 Å². The first-order chi connectivity index (χ1) is 28.9. The van der Waals surface area contributed by atoms with E-state index in [1.807, 2.05) is 69.4 Å². The Hall–Kier alpha value is -6.03. The van der Waals surface area contributed by atoms with E-state index in [2.05, 4.69) is 33.1 Å². The second kappa shape index (κ2) is 20.3. The fraction of sp³-hybridized carbons (Fsp3) is 0.289. The number of aliphatic hydroxyl groups is 2. The summed E-state index contributed by atoms with van der Waals surface area (Å²) < 4.78 is 18.8. The van der Waals surface area contributed by atoms with E-state index in [9.17, 15) is 19.8 Å². The lowest BCUT2D eigenvalue weighted by Crippen LogP contribution is -2.28. The van der Waals surface area contributed by atoms with Crippen LogP contribution in [0.4, 0.5) is 5.69 Å². The molecule has 7 N–H and O–H groups in total. The Labute approximate surface area is 352 Å². The number of aliphatic hydroxyl groups excluding tert-OH is 2. The molecule has 0 spiro atoms. The largest absolute Gasteiger partial charge is 0.488 e. The summed E-state index contributed by atoms with van der Waals surface area (Å²) in [5.74, 6) is -0.736. The number of ether oxygens (including phenoxy) is 2. The summed E-state index contributed by atoms with van der Waals surface area (Å²) in [6.07, 6.45) is 0.692. The zero-order valence-electron chi connectivity index (χ0n) is 33.5. The van der Waals surface area contributed by atoms with Crippen LogP contribution in [-0.2, 0) is 35.9 Å². The monoisotopic (exact) mass is 837 g/mol. The van der Waals surface area contributed by atoms with Gasteiger partial charge in [0.25, 0.3) is 0 Å². The van der Waals surface area contributed by atoms with E-state index >= 15 is 0 Å². The molecule has 2 atom stereocenters. The third-order valence-electron chi connectivity index (χ3n) is 9.95. The van der Waals surface area contributed by atoms with Crippen molar-refractivity contribution in [1.29, 1.82) is 0 Å². The summed E-state index contributed by atoms with van der Waals surface area (Å²) in [7, 11) is 1.81. The van der Waals surface area contributed by atoms with Crippen LogP contribution in [0.2, 0.25) is 5.02 Å². The van der Waals surface area contributed by atoms with Gasteiger partial charge in [0, 0.05) is 68.4 Å². The summed E-state index contributed by atoms with van der Waals surface area (Å²) >= 11 is 6.79. The van der Waals surface area contributed by atoms with Crippen LogP contribution in [0.5, 0.6) is 11.5 Å². The Balaban J connectivity index is 1.19. The summed E-state index contributed by atoms with van der Waals surface area (Å²) in [5, 5.41) is 47.4. The molecule has 4 aromatic carbocycles. The lowest BCUT2D eigenvalue weighted by molar-refractivity contribution is -0.140. The highest BCUT2D eigenvalue weighted by molar-refractivity contribution is 6.32. The lowest BCUT2D eigenvalue weighted by atomic mass is 9.91. The number of nitrogens with one attached hydrogen (secondary N) is 3. The number of carboxylic acid groups (broad SMARTS) is 2. The van der Waals surface area contributed by atoms with E-state index < -0.39 is 24.1 Å². The SMILES string of the molecule is CNc1cncc(COc2cc(OCc3cccc(-c4cccc(-c5nc6cc(CNC[C@@H](O)CC(=O)O)ccc6o5)c4C)c3C)c(Cl)cc2CNC[C@@H](O)CC(=O)O)c1. The molecule has 0 saturated carbocycles. The van der Waals surface area contributed by atoms with Gasteiger partial charge in [0.2, 0.25) is 5.89 Å². The summed E-state index contributed by atoms with van der Waals surface area (Å²) in [6.45, 7) is 5.41. The van der Waals surface area contributed by atoms with Crippen molar-refractivity contribution in [3.63, 3.8) is 0 Å². The number of pyridine rings is 1. The second-order valence-corrected chi connectivity index (χ2v) is 14.9. The minimum atomic E-state index is -1.09. The molecule has 0 amide bonds. The van der Waals surface area contributed by atoms with Crippen molar-refractivity contribution < 1.29 is 43.9 Å². The number of hydrogen-bond acceptors (Lipinski definition) is 12. The van der Waals surface area contributed by atoms with Crippen LogP contribution in [0.25, 0.3) is 33.7 Å². The molecule has 2 heterocycles. The fourth-order valence-corrected chi connectivity index (χ4v) is 7.01. The quantitative estimate of drug-likeness (QED) is 0.0395.